The molecule has 4 nitrogen and oxygen atoms in total. The van der Waals surface area contributed by atoms with Crippen LogP contribution in [-0.2, 0) is 9.47 Å². The number of methoxy groups -OCH3 is 2. The van der Waals surface area contributed by atoms with Crippen LogP contribution in [0.4, 0.5) is 0 Å². The van der Waals surface area contributed by atoms with Crippen molar-refractivity contribution in [1.29, 1.82) is 0 Å². The third kappa shape index (κ3) is 6.84. The maximum atomic E-state index is 5.18. The predicted octanol–water partition coefficient (Wildman–Crippen LogP) is 0.578. The summed E-state index contributed by atoms with van der Waals surface area (Å²) in [5.41, 5.74) is 0. The molecule has 0 aromatic rings. The summed E-state index contributed by atoms with van der Waals surface area (Å²) in [6, 6.07) is 0.919. The Morgan fingerprint density at radius 1 is 1.20 bits per heavy atom. The number of nitrogens with one attached hydrogen (secondary N) is 1. The van der Waals surface area contributed by atoms with Crippen LogP contribution in [0.25, 0.3) is 0 Å². The maximum Gasteiger partial charge on any atom is 0.0615 e. The van der Waals surface area contributed by atoms with E-state index in [1.807, 2.05) is 7.05 Å². The average Bonchev–Trinajstić information content (AvgIpc) is 2.24. The minimum absolute atomic E-state index is 0.431. The predicted molar refractivity (Wildman–Crippen MR) is 63.3 cm³/mol. The summed E-state index contributed by atoms with van der Waals surface area (Å²) in [6.45, 7) is 7.86. The third-order valence-electron chi connectivity index (χ3n) is 2.62. The summed E-state index contributed by atoms with van der Waals surface area (Å²) < 4.78 is 10.3. The van der Waals surface area contributed by atoms with Crippen molar-refractivity contribution in [3.8, 4) is 0 Å². The highest BCUT2D eigenvalue weighted by Gasteiger charge is 2.15. The topological polar surface area (TPSA) is 33.7 Å². The Kier molecular flexibility index (Phi) is 9.00. The molecule has 0 radical (unpaired) electrons. The quantitative estimate of drug-likeness (QED) is 0.614. The van der Waals surface area contributed by atoms with Crippen LogP contribution in [0.5, 0.6) is 0 Å². The van der Waals surface area contributed by atoms with Crippen molar-refractivity contribution in [2.45, 2.75) is 25.9 Å². The van der Waals surface area contributed by atoms with Crippen LogP contribution in [0.2, 0.25) is 0 Å². The van der Waals surface area contributed by atoms with Crippen LogP contribution in [0.15, 0.2) is 0 Å². The molecular formula is C11H26N2O2. The first-order chi connectivity index (χ1) is 7.15. The Morgan fingerprint density at radius 3 is 2.33 bits per heavy atom. The summed E-state index contributed by atoms with van der Waals surface area (Å²) >= 11 is 0. The van der Waals surface area contributed by atoms with Crippen LogP contribution >= 0.6 is 0 Å². The number of ether oxygens (including phenoxy) is 2. The molecule has 0 saturated heterocycles. The summed E-state index contributed by atoms with van der Waals surface area (Å²) in [5.74, 6) is 0. The van der Waals surface area contributed by atoms with Crippen molar-refractivity contribution < 1.29 is 9.47 Å². The molecule has 0 aliphatic heterocycles. The van der Waals surface area contributed by atoms with Gasteiger partial charge < -0.3 is 14.8 Å². The molecule has 0 aromatic carbocycles. The van der Waals surface area contributed by atoms with Gasteiger partial charge in [-0.2, -0.15) is 0 Å². The first kappa shape index (κ1) is 14.8. The molecule has 2 atom stereocenters. The molecule has 2 unspecified atom stereocenters. The fourth-order valence-corrected chi connectivity index (χ4v) is 1.49. The fraction of sp³-hybridized carbons (Fsp3) is 1.00. The van der Waals surface area contributed by atoms with Crippen LogP contribution in [0, 0.1) is 0 Å². The lowest BCUT2D eigenvalue weighted by molar-refractivity contribution is 0.0705. The van der Waals surface area contributed by atoms with E-state index in [1.54, 1.807) is 14.2 Å². The van der Waals surface area contributed by atoms with E-state index in [9.17, 15) is 0 Å². The molecule has 1 N–H and O–H groups in total. The minimum Gasteiger partial charge on any atom is -0.383 e. The van der Waals surface area contributed by atoms with Crippen LogP contribution in [0.3, 0.4) is 0 Å². The van der Waals surface area contributed by atoms with Gasteiger partial charge in [-0.25, -0.2) is 0 Å². The van der Waals surface area contributed by atoms with E-state index in [0.29, 0.717) is 12.1 Å². The molecule has 0 amide bonds. The van der Waals surface area contributed by atoms with Gasteiger partial charge in [-0.15, -0.1) is 0 Å². The molecule has 0 spiro atoms. The van der Waals surface area contributed by atoms with Crippen molar-refractivity contribution in [2.75, 3.05) is 47.6 Å². The van der Waals surface area contributed by atoms with E-state index >= 15 is 0 Å². The van der Waals surface area contributed by atoms with E-state index < -0.39 is 0 Å². The molecule has 0 aliphatic carbocycles. The van der Waals surface area contributed by atoms with Gasteiger partial charge in [0.05, 0.1) is 13.2 Å². The summed E-state index contributed by atoms with van der Waals surface area (Å²) in [7, 11) is 5.47. The van der Waals surface area contributed by atoms with Crippen LogP contribution in [0.1, 0.15) is 13.8 Å². The molecule has 0 saturated carbocycles. The van der Waals surface area contributed by atoms with Crippen molar-refractivity contribution in [3.63, 3.8) is 0 Å². The van der Waals surface area contributed by atoms with Gasteiger partial charge in [0, 0.05) is 39.4 Å². The normalized spacial score (nSPS) is 15.6. The maximum absolute atomic E-state index is 5.18. The highest BCUT2D eigenvalue weighted by atomic mass is 16.5. The van der Waals surface area contributed by atoms with E-state index in [0.717, 1.165) is 26.3 Å². The lowest BCUT2D eigenvalue weighted by Crippen LogP contribution is -2.45. The zero-order chi connectivity index (χ0) is 11.7. The monoisotopic (exact) mass is 218 g/mol. The fourth-order valence-electron chi connectivity index (χ4n) is 1.49. The zero-order valence-corrected chi connectivity index (χ0v) is 10.7. The van der Waals surface area contributed by atoms with Gasteiger partial charge in [0.2, 0.25) is 0 Å². The van der Waals surface area contributed by atoms with Gasteiger partial charge in [-0.05, 0) is 20.9 Å². The molecule has 0 heterocycles. The highest BCUT2D eigenvalue weighted by molar-refractivity contribution is 4.71. The van der Waals surface area contributed by atoms with Gasteiger partial charge in [0.25, 0.3) is 0 Å². The summed E-state index contributed by atoms with van der Waals surface area (Å²) in [5, 5.41) is 3.25. The lowest BCUT2D eigenvalue weighted by atomic mass is 10.2. The number of hydrogen-bond donors (Lipinski definition) is 1. The SMILES string of the molecule is CNC(C)CN(CCOC)C(C)COC. The van der Waals surface area contributed by atoms with Gasteiger partial charge in [-0.1, -0.05) is 0 Å². The lowest BCUT2D eigenvalue weighted by Gasteiger charge is -2.30. The van der Waals surface area contributed by atoms with E-state index in [2.05, 4.69) is 24.1 Å². The standard InChI is InChI=1S/C11H26N2O2/c1-10(12-3)8-13(6-7-14-4)11(2)9-15-5/h10-12H,6-9H2,1-5H3. The van der Waals surface area contributed by atoms with E-state index in [-0.39, 0.29) is 0 Å². The molecule has 0 aliphatic rings. The van der Waals surface area contributed by atoms with Gasteiger partial charge in [0.1, 0.15) is 0 Å². The Bertz CT molecular complexity index is 145. The molecule has 15 heavy (non-hydrogen) atoms. The number of likely N-dealkylation sites (N-methyl/N-ethyl adjacent to an activating group) is 1. The Balaban J connectivity index is 4.03. The Labute approximate surface area is 93.9 Å². The Morgan fingerprint density at radius 2 is 1.87 bits per heavy atom. The summed E-state index contributed by atoms with van der Waals surface area (Å²) in [6.07, 6.45) is 0. The first-order valence-electron chi connectivity index (χ1n) is 5.54. The van der Waals surface area contributed by atoms with Gasteiger partial charge in [-0.3, -0.25) is 4.90 Å². The zero-order valence-electron chi connectivity index (χ0n) is 10.7. The molecule has 0 aromatic heterocycles. The molecular weight excluding hydrogens is 192 g/mol. The molecule has 0 rings (SSSR count). The third-order valence-corrected chi connectivity index (χ3v) is 2.62. The average molecular weight is 218 g/mol. The minimum atomic E-state index is 0.431. The van der Waals surface area contributed by atoms with E-state index in [1.165, 1.54) is 0 Å². The first-order valence-corrected chi connectivity index (χ1v) is 5.54. The second kappa shape index (κ2) is 9.09. The van der Waals surface area contributed by atoms with Crippen LogP contribution in [-0.4, -0.2) is 64.6 Å². The molecule has 92 valence electrons. The second-order valence-corrected chi connectivity index (χ2v) is 3.98. The molecule has 0 fully saturated rings. The van der Waals surface area contributed by atoms with Gasteiger partial charge >= 0.3 is 0 Å². The number of hydrogen-bond acceptors (Lipinski definition) is 4. The summed E-state index contributed by atoms with van der Waals surface area (Å²) in [4.78, 5) is 2.38. The van der Waals surface area contributed by atoms with Crippen molar-refractivity contribution in [3.05, 3.63) is 0 Å². The molecule has 0 bridgehead atoms. The smallest absolute Gasteiger partial charge is 0.0615 e. The number of rotatable bonds is 9. The number of nitrogens with zero attached hydrogens (tertiary/aromatic N) is 1. The van der Waals surface area contributed by atoms with E-state index in [4.69, 9.17) is 9.47 Å². The molecule has 4 heteroatoms. The largest absolute Gasteiger partial charge is 0.383 e. The second-order valence-electron chi connectivity index (χ2n) is 3.98. The van der Waals surface area contributed by atoms with Crippen LogP contribution < -0.4 is 5.32 Å². The highest BCUT2D eigenvalue weighted by Crippen LogP contribution is 2.01. The van der Waals surface area contributed by atoms with Crippen molar-refractivity contribution >= 4 is 0 Å². The Hall–Kier alpha value is -0.160. The van der Waals surface area contributed by atoms with Gasteiger partial charge in [0.15, 0.2) is 0 Å². The van der Waals surface area contributed by atoms with Crippen molar-refractivity contribution in [1.82, 2.24) is 10.2 Å². The van der Waals surface area contributed by atoms with Crippen molar-refractivity contribution in [2.24, 2.45) is 0 Å².